The third-order valence-corrected chi connectivity index (χ3v) is 3.49. The number of rotatable bonds is 3. The second-order valence-corrected chi connectivity index (χ2v) is 4.96. The van der Waals surface area contributed by atoms with Crippen LogP contribution in [0.15, 0.2) is 24.3 Å². The fraction of sp³-hybridized carbons (Fsp3) is 0.500. The predicted molar refractivity (Wildman–Crippen MR) is 73.5 cm³/mol. The minimum atomic E-state index is -4.41. The number of likely N-dealkylation sites (N-methyl/N-ethyl adjacent to an activating group) is 1. The van der Waals surface area contributed by atoms with Crippen LogP contribution in [0.5, 0.6) is 0 Å². The van der Waals surface area contributed by atoms with Crippen molar-refractivity contribution in [2.45, 2.75) is 25.2 Å². The van der Waals surface area contributed by atoms with E-state index in [0.29, 0.717) is 6.54 Å². The molecule has 1 aliphatic heterocycles. The van der Waals surface area contributed by atoms with Gasteiger partial charge in [-0.05, 0) is 31.2 Å². The normalized spacial score (nSPS) is 21.7. The molecule has 2 rings (SSSR count). The maximum atomic E-state index is 12.5. The number of carbonyl (C=O) groups is 1. The van der Waals surface area contributed by atoms with E-state index in [4.69, 9.17) is 4.74 Å². The van der Waals surface area contributed by atoms with E-state index in [1.807, 2.05) is 0 Å². The number of ether oxygens (including phenoxy) is 1. The van der Waals surface area contributed by atoms with Crippen molar-refractivity contribution in [3.63, 3.8) is 0 Å². The van der Waals surface area contributed by atoms with Crippen molar-refractivity contribution >= 4 is 11.7 Å². The van der Waals surface area contributed by atoms with Gasteiger partial charge in [-0.25, -0.2) is 4.79 Å². The van der Waals surface area contributed by atoms with Crippen LogP contribution in [0.1, 0.15) is 12.5 Å². The third kappa shape index (κ3) is 3.69. The molecule has 1 fully saturated rings. The zero-order chi connectivity index (χ0) is 16.3. The molecule has 0 bridgehead atoms. The Hall–Kier alpha value is -1.80. The van der Waals surface area contributed by atoms with Gasteiger partial charge in [-0.2, -0.15) is 13.2 Å². The molecule has 122 valence electrons. The van der Waals surface area contributed by atoms with E-state index in [2.05, 4.69) is 5.32 Å². The number of halogens is 3. The van der Waals surface area contributed by atoms with E-state index in [0.717, 1.165) is 12.1 Å². The van der Waals surface area contributed by atoms with Crippen LogP contribution < -0.4 is 5.32 Å². The number of nitrogens with zero attached hydrogens (tertiary/aromatic N) is 1. The zero-order valence-electron chi connectivity index (χ0n) is 11.9. The molecular weight excluding hydrogens is 301 g/mol. The van der Waals surface area contributed by atoms with E-state index < -0.39 is 29.9 Å². The van der Waals surface area contributed by atoms with E-state index in [-0.39, 0.29) is 18.9 Å². The molecule has 1 aliphatic rings. The van der Waals surface area contributed by atoms with Crippen molar-refractivity contribution in [2.24, 2.45) is 0 Å². The number of hydrogen-bond acceptors (Lipinski definition) is 3. The Balaban J connectivity index is 2.04. The first-order valence-electron chi connectivity index (χ1n) is 6.83. The number of nitrogens with one attached hydrogen (secondary N) is 1. The molecular formula is C14H17F3N2O3. The second-order valence-electron chi connectivity index (χ2n) is 4.96. The number of urea groups is 1. The highest BCUT2D eigenvalue weighted by Crippen LogP contribution is 2.29. The van der Waals surface area contributed by atoms with Crippen molar-refractivity contribution < 1.29 is 27.8 Å². The lowest BCUT2D eigenvalue weighted by Crippen LogP contribution is -2.48. The van der Waals surface area contributed by atoms with Crippen LogP contribution in [0.2, 0.25) is 0 Å². The summed E-state index contributed by atoms with van der Waals surface area (Å²) in [5.41, 5.74) is -0.526. The number of benzene rings is 1. The van der Waals surface area contributed by atoms with Crippen molar-refractivity contribution in [1.29, 1.82) is 0 Å². The zero-order valence-corrected chi connectivity index (χ0v) is 11.9. The first-order chi connectivity index (χ1) is 10.3. The lowest BCUT2D eigenvalue weighted by Gasteiger charge is -2.28. The summed E-state index contributed by atoms with van der Waals surface area (Å²) in [6.07, 6.45) is -5.18. The van der Waals surface area contributed by atoms with Crippen LogP contribution in [0, 0.1) is 0 Å². The minimum absolute atomic E-state index is 0.161. The van der Waals surface area contributed by atoms with Crippen molar-refractivity contribution in [1.82, 2.24) is 4.90 Å². The molecule has 1 aromatic rings. The maximum absolute atomic E-state index is 12.5. The molecule has 1 aromatic carbocycles. The summed E-state index contributed by atoms with van der Waals surface area (Å²) >= 11 is 0. The van der Waals surface area contributed by atoms with Crippen LogP contribution in [0.3, 0.4) is 0 Å². The number of hydrogen-bond donors (Lipinski definition) is 2. The van der Waals surface area contributed by atoms with Gasteiger partial charge in [0.15, 0.2) is 0 Å². The molecule has 0 aromatic heterocycles. The van der Waals surface area contributed by atoms with Gasteiger partial charge in [-0.1, -0.05) is 0 Å². The highest BCUT2D eigenvalue weighted by molar-refractivity contribution is 5.89. The van der Waals surface area contributed by atoms with Crippen molar-refractivity contribution in [3.8, 4) is 0 Å². The van der Waals surface area contributed by atoms with E-state index in [1.165, 1.54) is 17.0 Å². The Labute approximate surface area is 125 Å². The molecule has 2 atom stereocenters. The molecule has 0 spiro atoms. The molecule has 22 heavy (non-hydrogen) atoms. The van der Waals surface area contributed by atoms with Gasteiger partial charge in [0.25, 0.3) is 0 Å². The van der Waals surface area contributed by atoms with E-state index in [1.54, 1.807) is 6.92 Å². The highest BCUT2D eigenvalue weighted by Gasteiger charge is 2.34. The van der Waals surface area contributed by atoms with E-state index in [9.17, 15) is 23.1 Å². The summed E-state index contributed by atoms with van der Waals surface area (Å²) in [5.74, 6) is 0. The van der Waals surface area contributed by atoms with Gasteiger partial charge in [0, 0.05) is 12.2 Å². The van der Waals surface area contributed by atoms with Crippen LogP contribution in [-0.2, 0) is 10.9 Å². The lowest BCUT2D eigenvalue weighted by molar-refractivity contribution is -0.137. The molecule has 2 N–H and O–H groups in total. The molecule has 0 unspecified atom stereocenters. The summed E-state index contributed by atoms with van der Waals surface area (Å²) in [6, 6.07) is 3.24. The molecule has 1 saturated heterocycles. The Morgan fingerprint density at radius 3 is 2.45 bits per heavy atom. The van der Waals surface area contributed by atoms with Gasteiger partial charge >= 0.3 is 12.2 Å². The lowest BCUT2D eigenvalue weighted by atomic mass is 10.2. The van der Waals surface area contributed by atoms with Crippen LogP contribution in [0.4, 0.5) is 23.7 Å². The van der Waals surface area contributed by atoms with Gasteiger partial charge in [0.1, 0.15) is 0 Å². The SMILES string of the molecule is CCN(C(=O)Nc1ccc(C(F)(F)F)cc1)[C@@H]1COC[C@H]1O. The smallest absolute Gasteiger partial charge is 0.388 e. The van der Waals surface area contributed by atoms with Gasteiger partial charge in [0.2, 0.25) is 0 Å². The largest absolute Gasteiger partial charge is 0.416 e. The summed E-state index contributed by atoms with van der Waals surface area (Å²) in [5, 5.41) is 12.3. The van der Waals surface area contributed by atoms with Crippen LogP contribution in [0.25, 0.3) is 0 Å². The molecule has 1 heterocycles. The molecule has 0 aliphatic carbocycles. The second kappa shape index (κ2) is 6.53. The summed E-state index contributed by atoms with van der Waals surface area (Å²) < 4.78 is 42.5. The first-order valence-corrected chi connectivity index (χ1v) is 6.83. The Kier molecular flexibility index (Phi) is 4.92. The van der Waals surface area contributed by atoms with Crippen LogP contribution >= 0.6 is 0 Å². The average Bonchev–Trinajstić information content (AvgIpc) is 2.85. The molecule has 8 heteroatoms. The number of carbonyl (C=O) groups excluding carboxylic acids is 1. The standard InChI is InChI=1S/C14H17F3N2O3/c1-2-19(11-7-22-8-12(11)20)13(21)18-10-5-3-9(4-6-10)14(15,16)17/h3-6,11-12,20H,2,7-8H2,1H3,(H,18,21)/t11-,12-/m1/s1. The fourth-order valence-corrected chi connectivity index (χ4v) is 2.30. The quantitative estimate of drug-likeness (QED) is 0.899. The van der Waals surface area contributed by atoms with Gasteiger partial charge in [0.05, 0.1) is 30.9 Å². The minimum Gasteiger partial charge on any atom is -0.388 e. The van der Waals surface area contributed by atoms with Gasteiger partial charge in [-0.3, -0.25) is 0 Å². The van der Waals surface area contributed by atoms with Crippen molar-refractivity contribution in [2.75, 3.05) is 25.1 Å². The van der Waals surface area contributed by atoms with Gasteiger partial charge < -0.3 is 20.1 Å². The topological polar surface area (TPSA) is 61.8 Å². The predicted octanol–water partition coefficient (Wildman–Crippen LogP) is 2.32. The van der Waals surface area contributed by atoms with Crippen LogP contribution in [-0.4, -0.2) is 47.9 Å². The van der Waals surface area contributed by atoms with Crippen molar-refractivity contribution in [3.05, 3.63) is 29.8 Å². The fourth-order valence-electron chi connectivity index (χ4n) is 2.30. The number of amides is 2. The molecule has 2 amide bonds. The molecule has 0 saturated carbocycles. The number of anilines is 1. The number of alkyl halides is 3. The monoisotopic (exact) mass is 318 g/mol. The van der Waals surface area contributed by atoms with E-state index >= 15 is 0 Å². The Bertz CT molecular complexity index is 519. The first kappa shape index (κ1) is 16.6. The number of aliphatic hydroxyl groups excluding tert-OH is 1. The van der Waals surface area contributed by atoms with Gasteiger partial charge in [-0.15, -0.1) is 0 Å². The summed E-state index contributed by atoms with van der Waals surface area (Å²) in [6.45, 7) is 2.49. The Morgan fingerprint density at radius 2 is 2.00 bits per heavy atom. The maximum Gasteiger partial charge on any atom is 0.416 e. The highest BCUT2D eigenvalue weighted by atomic mass is 19.4. The summed E-state index contributed by atoms with van der Waals surface area (Å²) in [4.78, 5) is 13.6. The number of aliphatic hydroxyl groups is 1. The third-order valence-electron chi connectivity index (χ3n) is 3.49. The average molecular weight is 318 g/mol. The Morgan fingerprint density at radius 1 is 1.36 bits per heavy atom. The summed E-state index contributed by atoms with van der Waals surface area (Å²) in [7, 11) is 0. The molecule has 5 nitrogen and oxygen atoms in total. The molecule has 0 radical (unpaired) electrons.